The van der Waals surface area contributed by atoms with Gasteiger partial charge in [0.1, 0.15) is 30.6 Å². The molecule has 20 heteroatoms. The molecule has 7 amide bonds. The van der Waals surface area contributed by atoms with Gasteiger partial charge >= 0.3 is 18.2 Å². The van der Waals surface area contributed by atoms with Gasteiger partial charge in [0, 0.05) is 67.0 Å². The minimum absolute atomic E-state index is 0.0508. The lowest BCUT2D eigenvalue weighted by Crippen LogP contribution is -2.51. The fourth-order valence-corrected chi connectivity index (χ4v) is 12.2. The molecule has 4 atom stereocenters. The molecule has 85 heavy (non-hydrogen) atoms. The molecule has 3 heterocycles. The van der Waals surface area contributed by atoms with Crippen LogP contribution in [0.4, 0.5) is 31.4 Å². The Morgan fingerprint density at radius 3 is 2.19 bits per heavy atom. The van der Waals surface area contributed by atoms with E-state index in [2.05, 4.69) is 28.1 Å². The first-order chi connectivity index (χ1) is 41.0. The summed E-state index contributed by atoms with van der Waals surface area (Å²) in [6.45, 7) is 6.76. The molecule has 0 radical (unpaired) electrons. The zero-order valence-corrected chi connectivity index (χ0v) is 49.0. The molecule has 1 fully saturated rings. The number of hydrogen-bond donors (Lipinski definition) is 5. The van der Waals surface area contributed by atoms with E-state index in [4.69, 9.17) is 41.0 Å². The lowest BCUT2D eigenvalue weighted by Gasteiger charge is -2.33. The van der Waals surface area contributed by atoms with Gasteiger partial charge in [-0.3, -0.25) is 14.4 Å². The first-order valence-corrected chi connectivity index (χ1v) is 29.5. The summed E-state index contributed by atoms with van der Waals surface area (Å²) >= 11 is 6.62. The number of urea groups is 1. The van der Waals surface area contributed by atoms with Gasteiger partial charge < -0.3 is 60.3 Å². The van der Waals surface area contributed by atoms with E-state index in [1.165, 1.54) is 7.11 Å². The number of carbonyl (C=O) groups excluding carboxylic acids is 6. The number of ether oxygens (including phenoxy) is 5. The van der Waals surface area contributed by atoms with Gasteiger partial charge in [-0.2, -0.15) is 0 Å². The highest BCUT2D eigenvalue weighted by Crippen LogP contribution is 2.48. The zero-order valence-electron chi connectivity index (χ0n) is 48.2. The van der Waals surface area contributed by atoms with E-state index in [-0.39, 0.29) is 79.9 Å². The van der Waals surface area contributed by atoms with Gasteiger partial charge in [-0.25, -0.2) is 19.3 Å². The van der Waals surface area contributed by atoms with Crippen LogP contribution >= 0.6 is 11.6 Å². The molecule has 0 spiro atoms. The average Bonchev–Trinajstić information content (AvgIpc) is 2.55. The number of fused-ring (bicyclic) bond motifs is 8. The predicted octanol–water partition coefficient (Wildman–Crippen LogP) is 10.7. The number of nitrogens with zero attached hydrogens (tertiary/aromatic N) is 3. The molecule has 6 N–H and O–H groups in total. The number of methoxy groups -OCH3 is 1. The molecule has 6 aromatic carbocycles. The van der Waals surface area contributed by atoms with Crippen molar-refractivity contribution in [2.75, 3.05) is 61.0 Å². The number of alkyl carbamates (subject to hydrolysis) is 1. The molecule has 446 valence electrons. The number of unbranched alkanes of at least 4 members (excludes halogenated alkanes) is 2. The molecule has 1 unspecified atom stereocenters. The number of carbonyl (C=O) groups is 6. The average molecular weight is 1180 g/mol. The maximum Gasteiger partial charge on any atom is 0.417 e. The summed E-state index contributed by atoms with van der Waals surface area (Å²) < 4.78 is 29.9. The SMILES string of the molecule is COc1cc2c(cc1OCCCCCC(=O)N1C[C@@H](CCl)c3c1cc(OCc1ccc(NC(=O)[C@H](CCCNC(N)=O)NC(=O)OCC4c5ccccc5-c5ccccc54)cc1)c1ccccc31)N(C(=O)OC(C)(C)C)[C@@H](O)C1CCCN1C2=O. The highest BCUT2D eigenvalue weighted by Gasteiger charge is 2.46. The maximum absolute atomic E-state index is 14.2. The van der Waals surface area contributed by atoms with Crippen molar-refractivity contribution in [3.05, 3.63) is 143 Å². The van der Waals surface area contributed by atoms with Crippen molar-refractivity contribution in [2.24, 2.45) is 5.73 Å². The number of rotatable bonds is 21. The number of hydrogen-bond acceptors (Lipinski definition) is 12. The van der Waals surface area contributed by atoms with Gasteiger partial charge in [-0.1, -0.05) is 84.9 Å². The van der Waals surface area contributed by atoms with Gasteiger partial charge in [0.15, 0.2) is 17.7 Å². The molecule has 1 saturated heterocycles. The Hall–Kier alpha value is -8.55. The summed E-state index contributed by atoms with van der Waals surface area (Å²) in [5.74, 6) is 0.383. The number of alkyl halides is 1. The van der Waals surface area contributed by atoms with Gasteiger partial charge in [0.25, 0.3) is 5.91 Å². The quantitative estimate of drug-likeness (QED) is 0.0334. The molecule has 19 nitrogen and oxygen atoms in total. The largest absolute Gasteiger partial charge is 0.493 e. The normalized spacial score (nSPS) is 17.2. The Bertz CT molecular complexity index is 3440. The summed E-state index contributed by atoms with van der Waals surface area (Å²) in [5.41, 5.74) is 12.1. The van der Waals surface area contributed by atoms with Crippen LogP contribution in [0.2, 0.25) is 0 Å². The van der Waals surface area contributed by atoms with Crippen LogP contribution < -0.4 is 45.7 Å². The Balaban J connectivity index is 0.752. The van der Waals surface area contributed by atoms with Crippen LogP contribution in [0.15, 0.2) is 115 Å². The molecule has 0 bridgehead atoms. The maximum atomic E-state index is 14.2. The number of benzene rings is 6. The number of aliphatic hydroxyl groups is 1. The topological polar surface area (TPSA) is 241 Å². The van der Waals surface area contributed by atoms with Crippen LogP contribution in [-0.2, 0) is 25.7 Å². The molecule has 10 rings (SSSR count). The van der Waals surface area contributed by atoms with E-state index in [0.717, 1.165) is 54.7 Å². The molecule has 0 aromatic heterocycles. The van der Waals surface area contributed by atoms with Crippen LogP contribution in [0.3, 0.4) is 0 Å². The smallest absolute Gasteiger partial charge is 0.417 e. The first-order valence-electron chi connectivity index (χ1n) is 29.0. The van der Waals surface area contributed by atoms with Crippen molar-refractivity contribution >= 4 is 75.4 Å². The van der Waals surface area contributed by atoms with Gasteiger partial charge in [-0.05, 0) is 123 Å². The van der Waals surface area contributed by atoms with Gasteiger partial charge in [0.2, 0.25) is 11.8 Å². The second-order valence-corrected chi connectivity index (χ2v) is 23.1. The minimum atomic E-state index is -1.34. The van der Waals surface area contributed by atoms with E-state index < -0.39 is 48.0 Å². The third kappa shape index (κ3) is 13.2. The molecular weight excluding hydrogens is 1110 g/mol. The van der Waals surface area contributed by atoms with Crippen LogP contribution in [-0.4, -0.2) is 116 Å². The number of nitrogens with one attached hydrogen (secondary N) is 3. The lowest BCUT2D eigenvalue weighted by molar-refractivity contribution is -0.119. The molecule has 1 aliphatic carbocycles. The zero-order chi connectivity index (χ0) is 59.9. The van der Waals surface area contributed by atoms with Crippen molar-refractivity contribution in [3.8, 4) is 28.4 Å². The van der Waals surface area contributed by atoms with E-state index in [9.17, 15) is 33.9 Å². The van der Waals surface area contributed by atoms with E-state index in [0.29, 0.717) is 74.7 Å². The third-order valence-electron chi connectivity index (χ3n) is 16.0. The number of amides is 7. The van der Waals surface area contributed by atoms with E-state index >= 15 is 0 Å². The van der Waals surface area contributed by atoms with Crippen LogP contribution in [0.5, 0.6) is 17.2 Å². The molecule has 3 aliphatic heterocycles. The fourth-order valence-electron chi connectivity index (χ4n) is 11.9. The minimum Gasteiger partial charge on any atom is -0.493 e. The Kier molecular flexibility index (Phi) is 18.3. The standard InChI is InChI=1S/C65H72ClN7O12/c1-65(2,3)85-64(80)73-52-33-56(55(81-4)32-48(52)60(76)71-30-15-23-51(71)61(73)77)82-31-13-5-6-24-57(74)72-36-40(35-66)58-47-21-12-11-20-46(47)54(34-53(58)72)83-37-39-25-27-41(28-26-39)69-59(75)50(22-14-29-68-62(67)78)70-63(79)84-38-49-44-18-9-7-16-42(44)43-17-8-10-19-45(43)49/h7-12,16-21,25-28,32-34,40,49-51,61,77H,5-6,13-15,22-24,29-31,35-38H2,1-4H3,(H,69,75)(H,70,79)(H3,67,68,78)/t40-,50+,51?,61+/m1/s1. The van der Waals surface area contributed by atoms with Crippen molar-refractivity contribution in [1.82, 2.24) is 15.5 Å². The van der Waals surface area contributed by atoms with Gasteiger partial charge in [0.05, 0.1) is 36.7 Å². The van der Waals surface area contributed by atoms with Crippen molar-refractivity contribution in [1.29, 1.82) is 0 Å². The highest BCUT2D eigenvalue weighted by molar-refractivity contribution is 6.19. The molecule has 4 aliphatic rings. The van der Waals surface area contributed by atoms with Gasteiger partial charge in [-0.15, -0.1) is 11.6 Å². The first kappa shape index (κ1) is 59.6. The molecular formula is C65H72ClN7O12. The number of halogens is 1. The Morgan fingerprint density at radius 2 is 1.49 bits per heavy atom. The summed E-state index contributed by atoms with van der Waals surface area (Å²) in [5, 5.41) is 21.6. The summed E-state index contributed by atoms with van der Waals surface area (Å²) in [6, 6.07) is 33.8. The van der Waals surface area contributed by atoms with Crippen LogP contribution in [0.25, 0.3) is 21.9 Å². The molecule has 6 aromatic rings. The summed E-state index contributed by atoms with van der Waals surface area (Å²) in [4.78, 5) is 84.8. The second-order valence-electron chi connectivity index (χ2n) is 22.8. The van der Waals surface area contributed by atoms with E-state index in [1.54, 1.807) is 54.8 Å². The van der Waals surface area contributed by atoms with Crippen molar-refractivity contribution < 1.29 is 57.6 Å². The predicted molar refractivity (Wildman–Crippen MR) is 324 cm³/mol. The van der Waals surface area contributed by atoms with Crippen LogP contribution in [0.1, 0.15) is 117 Å². The summed E-state index contributed by atoms with van der Waals surface area (Å²) in [7, 11) is 1.47. The Labute approximate surface area is 499 Å². The number of aliphatic hydroxyl groups excluding tert-OH is 1. The molecule has 0 saturated carbocycles. The second kappa shape index (κ2) is 26.2. The lowest BCUT2D eigenvalue weighted by atomic mass is 9.95. The highest BCUT2D eigenvalue weighted by atomic mass is 35.5. The Morgan fingerprint density at radius 1 is 0.800 bits per heavy atom. The monoisotopic (exact) mass is 1180 g/mol. The number of primary amides is 1. The summed E-state index contributed by atoms with van der Waals surface area (Å²) in [6.07, 6.45) is 0.956. The van der Waals surface area contributed by atoms with Crippen LogP contribution in [0, 0.1) is 0 Å². The number of anilines is 3. The van der Waals surface area contributed by atoms with E-state index in [1.807, 2.05) is 78.9 Å². The third-order valence-corrected chi connectivity index (χ3v) is 16.3. The fraction of sp³-hybridized carbons (Fsp3) is 0.385. The number of nitrogens with two attached hydrogens (primary N) is 1. The van der Waals surface area contributed by atoms with Crippen molar-refractivity contribution in [3.63, 3.8) is 0 Å². The van der Waals surface area contributed by atoms with Crippen molar-refractivity contribution in [2.45, 2.75) is 114 Å².